The summed E-state index contributed by atoms with van der Waals surface area (Å²) in [6, 6.07) is 6.00. The Morgan fingerprint density at radius 3 is 1.72 bits per heavy atom. The van der Waals surface area contributed by atoms with Gasteiger partial charge >= 0.3 is 5.97 Å². The Kier molecular flexibility index (Phi) is 30.4. The van der Waals surface area contributed by atoms with E-state index in [1.165, 1.54) is 43.0 Å². The largest absolute Gasteiger partial charge is 0.508 e. The number of nitrogens with two attached hydrogens (primary N) is 5. The number of phenolic OH excluding ortho intramolecular Hbond substituents is 1. The second-order valence-corrected chi connectivity index (χ2v) is 24.4. The van der Waals surface area contributed by atoms with E-state index in [1.807, 2.05) is 0 Å². The van der Waals surface area contributed by atoms with E-state index >= 15 is 0 Å². The van der Waals surface area contributed by atoms with Crippen LogP contribution in [0.2, 0.25) is 0 Å². The smallest absolute Gasteiger partial charge is 0.303 e. The quantitative estimate of drug-likeness (QED) is 0.0116. The highest BCUT2D eigenvalue weighted by Crippen LogP contribution is 2.22. The lowest BCUT2D eigenvalue weighted by Crippen LogP contribution is -2.61. The van der Waals surface area contributed by atoms with Gasteiger partial charge in [-0.2, -0.15) is 0 Å². The van der Waals surface area contributed by atoms with Crippen molar-refractivity contribution in [3.05, 3.63) is 102 Å². The molecule has 33 heteroatoms. The lowest BCUT2D eigenvalue weighted by Gasteiger charge is -2.30. The summed E-state index contributed by atoms with van der Waals surface area (Å²) in [4.78, 5) is 184. The molecule has 0 saturated carbocycles. The second-order valence-electron chi connectivity index (χ2n) is 24.4. The van der Waals surface area contributed by atoms with Crippen molar-refractivity contribution in [2.24, 2.45) is 39.6 Å². The number of aliphatic imine (C=N–C) groups is 1. The maximum absolute atomic E-state index is 14.4. The number of carbonyl (C=O) groups excluding carboxylic acids is 12. The van der Waals surface area contributed by atoms with Crippen LogP contribution < -0.4 is 76.5 Å². The van der Waals surface area contributed by atoms with E-state index in [4.69, 9.17) is 28.7 Å². The molecule has 33 nitrogen and oxygen atoms in total. The van der Waals surface area contributed by atoms with Gasteiger partial charge in [0.15, 0.2) is 5.96 Å². The molecule has 1 fully saturated rings. The number of carboxylic acids is 1. The van der Waals surface area contributed by atoms with Gasteiger partial charge in [-0.3, -0.25) is 67.3 Å². The number of hydrogen-bond donors (Lipinski definition) is 18. The molecule has 3 aromatic carbocycles. The zero-order valence-electron chi connectivity index (χ0n) is 55.0. The number of fused-ring (bicyclic) bond motifs is 1. The molecule has 4 aromatic rings. The monoisotopic (exact) mass is 1370 g/mol. The molecule has 2 heterocycles. The number of aliphatic hydroxyl groups is 1. The van der Waals surface area contributed by atoms with Crippen LogP contribution in [0.3, 0.4) is 0 Å². The molecule has 0 unspecified atom stereocenters. The summed E-state index contributed by atoms with van der Waals surface area (Å²) in [5.74, 6) is -12.4. The molecule has 11 atom stereocenters. The number of aliphatic carboxylic acids is 1. The van der Waals surface area contributed by atoms with E-state index in [2.05, 4.69) is 57.8 Å². The minimum absolute atomic E-state index is 0.0199. The van der Waals surface area contributed by atoms with Gasteiger partial charge in [-0.15, -0.1) is 0 Å². The average molecular weight is 1370 g/mol. The molecule has 532 valence electrons. The maximum atomic E-state index is 14.4. The van der Waals surface area contributed by atoms with E-state index < -0.39 is 163 Å². The summed E-state index contributed by atoms with van der Waals surface area (Å²) >= 11 is 0. The number of nitrogens with one attached hydrogen (secondary N) is 10. The molecule has 5 rings (SSSR count). The van der Waals surface area contributed by atoms with Crippen LogP contribution in [0, 0.1) is 5.92 Å². The number of aromatic amines is 1. The van der Waals surface area contributed by atoms with Crippen molar-refractivity contribution in [3.8, 4) is 5.75 Å². The van der Waals surface area contributed by atoms with Gasteiger partial charge in [0.25, 0.3) is 0 Å². The number of nitrogens with zero attached hydrogens (tertiary/aromatic N) is 2. The number of aromatic hydroxyl groups is 1. The van der Waals surface area contributed by atoms with E-state index in [1.54, 1.807) is 74.6 Å². The lowest BCUT2D eigenvalue weighted by molar-refractivity contribution is -0.142. The first kappa shape index (κ1) is 78.0. The average Bonchev–Trinajstić information content (AvgIpc) is 1.65. The number of benzene rings is 3. The zero-order valence-corrected chi connectivity index (χ0v) is 55.0. The van der Waals surface area contributed by atoms with Gasteiger partial charge in [0.2, 0.25) is 70.9 Å². The number of primary amides is 2. The molecule has 0 spiro atoms. The Morgan fingerprint density at radius 1 is 0.571 bits per heavy atom. The van der Waals surface area contributed by atoms with Crippen molar-refractivity contribution in [1.29, 1.82) is 0 Å². The number of aromatic nitrogens is 1. The predicted molar refractivity (Wildman–Crippen MR) is 356 cm³/mol. The van der Waals surface area contributed by atoms with Crippen LogP contribution in [-0.4, -0.2) is 194 Å². The van der Waals surface area contributed by atoms with Crippen LogP contribution in [0.5, 0.6) is 5.75 Å². The van der Waals surface area contributed by atoms with Crippen molar-refractivity contribution < 1.29 is 77.6 Å². The van der Waals surface area contributed by atoms with Crippen molar-refractivity contribution in [2.45, 2.75) is 171 Å². The van der Waals surface area contributed by atoms with Gasteiger partial charge in [-0.05, 0) is 99.6 Å². The molecular formula is C65H91N17O16. The predicted octanol–water partition coefficient (Wildman–Crippen LogP) is -3.67. The Hall–Kier alpha value is -10.7. The number of phenols is 1. The zero-order chi connectivity index (χ0) is 72.3. The van der Waals surface area contributed by atoms with Gasteiger partial charge in [0.1, 0.15) is 66.2 Å². The summed E-state index contributed by atoms with van der Waals surface area (Å²) in [6.07, 6.45) is 0.209. The summed E-state index contributed by atoms with van der Waals surface area (Å²) in [5.41, 5.74) is 30.4. The normalized spacial score (nSPS) is 15.7. The minimum atomic E-state index is -1.76. The first-order valence-electron chi connectivity index (χ1n) is 32.1. The molecule has 98 heavy (non-hydrogen) atoms. The number of H-pyrrole nitrogens is 1. The molecular weight excluding hydrogens is 1270 g/mol. The molecule has 0 aliphatic carbocycles. The molecule has 23 N–H and O–H groups in total. The highest BCUT2D eigenvalue weighted by atomic mass is 16.4. The Balaban J connectivity index is 1.25. The summed E-state index contributed by atoms with van der Waals surface area (Å²) in [5, 5.41) is 53.4. The SMILES string of the molecule is CC(C)C[C@H](NC(=O)[C@H](CO)NC(=O)[C@H](Cc1c[nH]c2ccccc12)NC(=O)[C@H](Cc1ccc(O)cc1)NC(=O)[C@@H](N)CCC(=O)O)C(=O)N[C@@H](C)C(=O)N[C@@H](C)C(=O)N1CCC[C@H]1C(=O)N[C@@H](CCC(N)=O)C(=O)N[C@@H](CCCN=C(N)N)C(=O)N[C@@H](Cc1ccccc1)C(N)=O. The third-order valence-corrected chi connectivity index (χ3v) is 16.1. The number of guanidine groups is 1. The molecule has 1 aromatic heterocycles. The third-order valence-electron chi connectivity index (χ3n) is 16.1. The number of rotatable bonds is 39. The van der Waals surface area contributed by atoms with Crippen molar-refractivity contribution in [3.63, 3.8) is 0 Å². The van der Waals surface area contributed by atoms with Gasteiger partial charge < -0.3 is 102 Å². The van der Waals surface area contributed by atoms with E-state index in [0.29, 0.717) is 34.0 Å². The molecule has 12 amide bonds. The summed E-state index contributed by atoms with van der Waals surface area (Å²) in [6.45, 7) is 5.16. The van der Waals surface area contributed by atoms with Gasteiger partial charge in [-0.1, -0.05) is 74.5 Å². The molecule has 0 bridgehead atoms. The van der Waals surface area contributed by atoms with Crippen molar-refractivity contribution in [1.82, 2.24) is 57.7 Å². The second kappa shape index (κ2) is 38.1. The fraction of sp³-hybridized carbons (Fsp3) is 0.477. The Bertz CT molecular complexity index is 3490. The minimum Gasteiger partial charge on any atom is -0.508 e. The number of aliphatic hydroxyl groups excluding tert-OH is 1. The number of carboxylic acid groups (broad SMARTS) is 1. The number of hydrogen-bond acceptors (Lipinski definition) is 17. The molecule has 1 aliphatic rings. The van der Waals surface area contributed by atoms with Crippen LogP contribution in [0.4, 0.5) is 0 Å². The number of amides is 12. The van der Waals surface area contributed by atoms with Crippen LogP contribution >= 0.6 is 0 Å². The van der Waals surface area contributed by atoms with Crippen LogP contribution in [0.15, 0.2) is 90.1 Å². The Labute approximate surface area is 565 Å². The summed E-state index contributed by atoms with van der Waals surface area (Å²) < 4.78 is 0. The van der Waals surface area contributed by atoms with Gasteiger partial charge in [0.05, 0.1) is 12.6 Å². The fourth-order valence-electron chi connectivity index (χ4n) is 10.8. The molecule has 1 saturated heterocycles. The first-order chi connectivity index (χ1) is 46.4. The number of para-hydroxylation sites is 1. The highest BCUT2D eigenvalue weighted by molar-refractivity contribution is 6.00. The van der Waals surface area contributed by atoms with Gasteiger partial charge in [-0.25, -0.2) is 0 Å². The van der Waals surface area contributed by atoms with E-state index in [9.17, 15) is 77.6 Å². The summed E-state index contributed by atoms with van der Waals surface area (Å²) in [7, 11) is 0. The topological polar surface area (TPSA) is 552 Å². The van der Waals surface area contributed by atoms with Crippen molar-refractivity contribution in [2.75, 3.05) is 19.7 Å². The molecule has 0 radical (unpaired) electrons. The highest BCUT2D eigenvalue weighted by Gasteiger charge is 2.40. The van der Waals surface area contributed by atoms with Crippen LogP contribution in [0.25, 0.3) is 10.9 Å². The Morgan fingerprint density at radius 2 is 1.10 bits per heavy atom. The van der Waals surface area contributed by atoms with Crippen LogP contribution in [-0.2, 0) is 81.6 Å². The lowest BCUT2D eigenvalue weighted by atomic mass is 10.0. The number of likely N-dealkylation sites (tertiary alicyclic amines) is 1. The maximum Gasteiger partial charge on any atom is 0.303 e. The van der Waals surface area contributed by atoms with Crippen LogP contribution in [0.1, 0.15) is 102 Å². The first-order valence-corrected chi connectivity index (χ1v) is 32.1. The molecule has 1 aliphatic heterocycles. The van der Waals surface area contributed by atoms with Gasteiger partial charge in [0, 0.05) is 62.3 Å². The number of carbonyl (C=O) groups is 13. The van der Waals surface area contributed by atoms with E-state index in [0.717, 1.165) is 0 Å². The third kappa shape index (κ3) is 24.8. The van der Waals surface area contributed by atoms with E-state index in [-0.39, 0.29) is 88.5 Å². The van der Waals surface area contributed by atoms with Crippen molar-refractivity contribution >= 4 is 93.7 Å². The fourth-order valence-corrected chi connectivity index (χ4v) is 10.8. The standard InChI is InChI=1S/C65H91N17O16/c1-34(2)28-47(79-62(96)50(33-83)81-61(95)49(31-39-32-72-43-15-9-8-14-41(39)43)80-60(94)48(30-38-18-20-40(84)21-19-38)78-56(90)42(66)22-25-53(86)87)59(93)73-35(3)55(89)74-36(4)64(98)82-27-11-17-51(82)63(97)76-45(23-24-52(67)85)58(92)75-44(16-10-26-71-65(69)70)57(91)77-46(54(68)88)29-37-12-6-5-7-13-37/h5-9,12-15,18-21,32,34-36,42,44-51,72,83-84H,10-11,16-17,22-31,33,66H2,1-4H3,(H2,67,85)(H2,68,88)(H,73,93)(H,74,89)(H,75,92)(H,76,97)(H,77,91)(H,78,90)(H,79,96)(H,80,94)(H,81,95)(H,86,87)(H4,69,70,71)/t35-,36-,42-,44-,45-,46-,47-,48-,49-,50-,51-/m0/s1.